The molecule has 2 aromatic rings. The summed E-state index contributed by atoms with van der Waals surface area (Å²) in [4.78, 5) is 2.80. The third kappa shape index (κ3) is 5.21. The van der Waals surface area contributed by atoms with Crippen molar-refractivity contribution in [3.05, 3.63) is 70.3 Å². The lowest BCUT2D eigenvalue weighted by atomic mass is 9.86. The highest BCUT2D eigenvalue weighted by Gasteiger charge is 2.31. The van der Waals surface area contributed by atoms with E-state index in [1.165, 1.54) is 25.0 Å². The van der Waals surface area contributed by atoms with Gasteiger partial charge in [0.15, 0.2) is 0 Å². The van der Waals surface area contributed by atoms with Gasteiger partial charge in [0.2, 0.25) is 0 Å². The molecule has 0 bridgehead atoms. The summed E-state index contributed by atoms with van der Waals surface area (Å²) in [5.41, 5.74) is 2.40. The highest BCUT2D eigenvalue weighted by atomic mass is 35.5. The van der Waals surface area contributed by atoms with E-state index in [0.717, 1.165) is 59.7 Å². The zero-order valence-corrected chi connectivity index (χ0v) is 18.8. The molecule has 0 N–H and O–H groups in total. The maximum Gasteiger partial charge on any atom is 0.446 e. The first-order valence-corrected chi connectivity index (χ1v) is 11.4. The van der Waals surface area contributed by atoms with E-state index in [1.54, 1.807) is 12.1 Å². The average Bonchev–Trinajstić information content (AvgIpc) is 3.53. The second-order valence-electron chi connectivity index (χ2n) is 8.44. The topological polar surface area (TPSA) is 3.24 Å². The van der Waals surface area contributed by atoms with E-state index in [2.05, 4.69) is 23.1 Å². The van der Waals surface area contributed by atoms with Gasteiger partial charge in [-0.2, -0.15) is 13.2 Å². The van der Waals surface area contributed by atoms with Crippen LogP contribution in [0.3, 0.4) is 0 Å². The van der Waals surface area contributed by atoms with Crippen LogP contribution >= 0.6 is 24.2 Å². The minimum atomic E-state index is -4.28. The second kappa shape index (κ2) is 9.05. The van der Waals surface area contributed by atoms with Gasteiger partial charge in [-0.3, -0.25) is 0 Å². The smallest absolute Gasteiger partial charge is 0.302 e. The number of nitrogens with zero attached hydrogens (tertiary/aromatic N) is 1. The Morgan fingerprint density at radius 3 is 2.26 bits per heavy atom. The normalized spacial score (nSPS) is 18.8. The van der Waals surface area contributed by atoms with Gasteiger partial charge in [0.25, 0.3) is 0 Å². The molecule has 2 fully saturated rings. The molecular formula is C25H25ClF3NS. The minimum absolute atomic E-state index is 0. The Balaban J connectivity index is 0.00000231. The van der Waals surface area contributed by atoms with Gasteiger partial charge in [-0.1, -0.05) is 48.1 Å². The van der Waals surface area contributed by atoms with Crippen molar-refractivity contribution in [1.29, 1.82) is 0 Å². The fourth-order valence-electron chi connectivity index (χ4n) is 4.59. The molecule has 1 saturated heterocycles. The molecule has 0 spiro atoms. The van der Waals surface area contributed by atoms with Crippen LogP contribution in [0, 0.1) is 5.92 Å². The molecule has 1 aliphatic heterocycles. The maximum atomic E-state index is 13.0. The van der Waals surface area contributed by atoms with Crippen molar-refractivity contribution in [2.45, 2.75) is 36.1 Å². The zero-order chi connectivity index (χ0) is 20.7. The number of rotatable bonds is 3. The number of halogens is 4. The van der Waals surface area contributed by atoms with E-state index in [-0.39, 0.29) is 29.1 Å². The molecule has 1 heterocycles. The van der Waals surface area contributed by atoms with Crippen LogP contribution in [0.1, 0.15) is 47.9 Å². The summed E-state index contributed by atoms with van der Waals surface area (Å²) < 4.78 is 39.1. The van der Waals surface area contributed by atoms with Crippen LogP contribution in [0.4, 0.5) is 13.2 Å². The number of fused-ring (bicyclic) bond motifs is 2. The van der Waals surface area contributed by atoms with Crippen molar-refractivity contribution in [2.75, 3.05) is 19.6 Å². The van der Waals surface area contributed by atoms with Gasteiger partial charge >= 0.3 is 5.51 Å². The standard InChI is InChI=1S/C25H24F3NS.ClH/c26-25(27,28)30-21-10-9-19-8-7-18-3-1-2-4-22(18)24(23(19)15-21)20-11-13-29(14-12-20)16-17-5-6-17;/h1-4,7-10,15,17H,5-6,11-14,16H2;1H. The quantitative estimate of drug-likeness (QED) is 0.370. The summed E-state index contributed by atoms with van der Waals surface area (Å²) in [6, 6.07) is 13.4. The van der Waals surface area contributed by atoms with Gasteiger partial charge in [0.05, 0.1) is 0 Å². The van der Waals surface area contributed by atoms with Gasteiger partial charge in [0, 0.05) is 24.5 Å². The largest absolute Gasteiger partial charge is 0.446 e. The van der Waals surface area contributed by atoms with Crippen LogP contribution < -0.4 is 0 Å². The Bertz CT molecular complexity index is 1010. The van der Waals surface area contributed by atoms with Crippen LogP contribution in [-0.4, -0.2) is 30.0 Å². The monoisotopic (exact) mass is 463 g/mol. The Kier molecular flexibility index (Phi) is 6.57. The van der Waals surface area contributed by atoms with E-state index in [4.69, 9.17) is 0 Å². The molecule has 3 aliphatic rings. The summed E-state index contributed by atoms with van der Waals surface area (Å²) in [6.45, 7) is 3.28. The fourth-order valence-corrected chi connectivity index (χ4v) is 5.17. The van der Waals surface area contributed by atoms with Crippen LogP contribution in [0.25, 0.3) is 17.7 Å². The number of piperidine rings is 1. The van der Waals surface area contributed by atoms with E-state index < -0.39 is 5.51 Å². The summed E-state index contributed by atoms with van der Waals surface area (Å²) in [7, 11) is 0. The summed E-state index contributed by atoms with van der Waals surface area (Å²) >= 11 is -0.0304. The molecule has 0 aromatic heterocycles. The van der Waals surface area contributed by atoms with Crippen LogP contribution in [0.2, 0.25) is 0 Å². The Morgan fingerprint density at radius 2 is 1.58 bits per heavy atom. The molecule has 0 unspecified atom stereocenters. The number of hydrogen-bond donors (Lipinski definition) is 0. The highest BCUT2D eigenvalue weighted by molar-refractivity contribution is 8.00. The maximum absolute atomic E-state index is 13.0. The molecule has 31 heavy (non-hydrogen) atoms. The Labute approximate surface area is 191 Å². The SMILES string of the molecule is Cl.FC(F)(F)Sc1ccc2c(c1)C(=C1CCN(CC3CC3)CC1)c1ccccc1C=C2. The van der Waals surface area contributed by atoms with Crippen LogP contribution in [-0.2, 0) is 0 Å². The van der Waals surface area contributed by atoms with Crippen molar-refractivity contribution >= 4 is 41.9 Å². The van der Waals surface area contributed by atoms with Gasteiger partial charge in [-0.15, -0.1) is 12.4 Å². The molecule has 164 valence electrons. The molecule has 0 radical (unpaired) electrons. The third-order valence-corrected chi connectivity index (χ3v) is 6.95. The number of hydrogen-bond acceptors (Lipinski definition) is 2. The van der Waals surface area contributed by atoms with Crippen LogP contribution in [0.15, 0.2) is 52.9 Å². The molecule has 0 amide bonds. The van der Waals surface area contributed by atoms with Gasteiger partial charge in [-0.05, 0) is 83.3 Å². The van der Waals surface area contributed by atoms with Crippen molar-refractivity contribution < 1.29 is 13.2 Å². The first-order chi connectivity index (χ1) is 14.5. The molecule has 5 rings (SSSR count). The molecule has 1 saturated carbocycles. The van der Waals surface area contributed by atoms with E-state index >= 15 is 0 Å². The van der Waals surface area contributed by atoms with Crippen molar-refractivity contribution in [2.24, 2.45) is 5.92 Å². The van der Waals surface area contributed by atoms with Crippen molar-refractivity contribution in [3.63, 3.8) is 0 Å². The van der Waals surface area contributed by atoms with Crippen molar-refractivity contribution in [3.8, 4) is 0 Å². The summed E-state index contributed by atoms with van der Waals surface area (Å²) in [5, 5.41) is 0. The predicted molar refractivity (Wildman–Crippen MR) is 125 cm³/mol. The van der Waals surface area contributed by atoms with Crippen LogP contribution in [0.5, 0.6) is 0 Å². The number of alkyl halides is 3. The summed E-state index contributed by atoms with van der Waals surface area (Å²) in [6.07, 6.45) is 8.79. The summed E-state index contributed by atoms with van der Waals surface area (Å²) in [5.74, 6) is 0.879. The lowest BCUT2D eigenvalue weighted by Gasteiger charge is -2.30. The molecule has 6 heteroatoms. The van der Waals surface area contributed by atoms with E-state index in [0.29, 0.717) is 0 Å². The second-order valence-corrected chi connectivity index (χ2v) is 9.58. The van der Waals surface area contributed by atoms with Gasteiger partial charge in [0.1, 0.15) is 0 Å². The number of benzene rings is 2. The first-order valence-electron chi connectivity index (χ1n) is 10.6. The Morgan fingerprint density at radius 1 is 0.903 bits per heavy atom. The molecule has 2 aromatic carbocycles. The molecule has 1 nitrogen and oxygen atoms in total. The first kappa shape index (κ1) is 22.5. The number of likely N-dealkylation sites (tertiary alicyclic amines) is 1. The lowest BCUT2D eigenvalue weighted by molar-refractivity contribution is -0.0328. The van der Waals surface area contributed by atoms with Gasteiger partial charge in [-0.25, -0.2) is 0 Å². The zero-order valence-electron chi connectivity index (χ0n) is 17.1. The molecular weight excluding hydrogens is 439 g/mol. The Hall–Kier alpha value is -1.69. The van der Waals surface area contributed by atoms with E-state index in [1.807, 2.05) is 24.3 Å². The third-order valence-electron chi connectivity index (χ3n) is 6.23. The minimum Gasteiger partial charge on any atom is -0.302 e. The predicted octanol–water partition coefficient (Wildman–Crippen LogP) is 7.51. The molecule has 2 aliphatic carbocycles. The highest BCUT2D eigenvalue weighted by Crippen LogP contribution is 2.43. The average molecular weight is 464 g/mol. The van der Waals surface area contributed by atoms with Gasteiger partial charge < -0.3 is 4.90 Å². The fraction of sp³-hybridized carbons (Fsp3) is 0.360. The number of thioether (sulfide) groups is 1. The lowest BCUT2D eigenvalue weighted by Crippen LogP contribution is -2.32. The van der Waals surface area contributed by atoms with E-state index in [9.17, 15) is 13.2 Å². The van der Waals surface area contributed by atoms with Crippen molar-refractivity contribution in [1.82, 2.24) is 4.90 Å². The molecule has 0 atom stereocenters.